The molecule has 2 fully saturated rings. The van der Waals surface area contributed by atoms with Gasteiger partial charge in [0.15, 0.2) is 0 Å². The Hall–Kier alpha value is -0.520. The smallest absolute Gasteiger partial charge is 0.0570 e. The highest BCUT2D eigenvalue weighted by molar-refractivity contribution is 4.97. The lowest BCUT2D eigenvalue weighted by molar-refractivity contribution is 0.0368. The van der Waals surface area contributed by atoms with E-state index in [2.05, 4.69) is 10.8 Å². The standard InChI is InChI=1S/C11H17NO/c1-2-3-6-12-9-4-5-10(12)8-11(13)7-9/h1,9-11,13H,3-8H2. The van der Waals surface area contributed by atoms with Crippen molar-refractivity contribution in [3.8, 4) is 12.3 Å². The Morgan fingerprint density at radius 1 is 1.31 bits per heavy atom. The highest BCUT2D eigenvalue weighted by Crippen LogP contribution is 2.35. The van der Waals surface area contributed by atoms with E-state index in [0.717, 1.165) is 25.8 Å². The van der Waals surface area contributed by atoms with Gasteiger partial charge in [-0.25, -0.2) is 0 Å². The first-order chi connectivity index (χ1) is 6.31. The second-order valence-corrected chi connectivity index (χ2v) is 4.20. The quantitative estimate of drug-likeness (QED) is 0.639. The minimum atomic E-state index is -0.0559. The molecule has 13 heavy (non-hydrogen) atoms. The summed E-state index contributed by atoms with van der Waals surface area (Å²) >= 11 is 0. The third kappa shape index (κ3) is 1.72. The molecular weight excluding hydrogens is 162 g/mol. The van der Waals surface area contributed by atoms with Crippen molar-refractivity contribution in [3.05, 3.63) is 0 Å². The van der Waals surface area contributed by atoms with Crippen LogP contribution in [0.3, 0.4) is 0 Å². The van der Waals surface area contributed by atoms with E-state index in [1.165, 1.54) is 12.8 Å². The maximum Gasteiger partial charge on any atom is 0.0570 e. The first kappa shape index (κ1) is 9.05. The fourth-order valence-electron chi connectivity index (χ4n) is 2.80. The largest absolute Gasteiger partial charge is 0.393 e. The van der Waals surface area contributed by atoms with Crippen LogP contribution in [0.25, 0.3) is 0 Å². The van der Waals surface area contributed by atoms with Crippen LogP contribution in [-0.4, -0.2) is 34.7 Å². The van der Waals surface area contributed by atoms with Crippen molar-refractivity contribution in [1.82, 2.24) is 4.90 Å². The number of rotatable bonds is 2. The lowest BCUT2D eigenvalue weighted by Gasteiger charge is -2.36. The van der Waals surface area contributed by atoms with Crippen molar-refractivity contribution in [2.75, 3.05) is 6.54 Å². The minimum Gasteiger partial charge on any atom is -0.393 e. The van der Waals surface area contributed by atoms with Gasteiger partial charge in [-0.3, -0.25) is 4.90 Å². The summed E-state index contributed by atoms with van der Waals surface area (Å²) in [5, 5.41) is 9.57. The maximum atomic E-state index is 9.57. The molecule has 2 aliphatic heterocycles. The van der Waals surface area contributed by atoms with Crippen molar-refractivity contribution in [1.29, 1.82) is 0 Å². The van der Waals surface area contributed by atoms with Crippen LogP contribution >= 0.6 is 0 Å². The molecule has 0 saturated carbocycles. The first-order valence-corrected chi connectivity index (χ1v) is 5.18. The van der Waals surface area contributed by atoms with E-state index in [0.29, 0.717) is 12.1 Å². The molecule has 0 amide bonds. The second-order valence-electron chi connectivity index (χ2n) is 4.20. The van der Waals surface area contributed by atoms with Gasteiger partial charge in [-0.15, -0.1) is 12.3 Å². The monoisotopic (exact) mass is 179 g/mol. The average molecular weight is 179 g/mol. The van der Waals surface area contributed by atoms with Crippen LogP contribution in [0.4, 0.5) is 0 Å². The van der Waals surface area contributed by atoms with Crippen molar-refractivity contribution >= 4 is 0 Å². The SMILES string of the molecule is C#CCCN1C2CCC1CC(O)C2. The summed E-state index contributed by atoms with van der Waals surface area (Å²) in [7, 11) is 0. The minimum absolute atomic E-state index is 0.0559. The third-order valence-electron chi connectivity index (χ3n) is 3.37. The Morgan fingerprint density at radius 3 is 2.46 bits per heavy atom. The molecule has 2 rings (SSSR count). The number of terminal acetylenes is 1. The van der Waals surface area contributed by atoms with Gasteiger partial charge < -0.3 is 5.11 Å². The molecule has 0 aromatic heterocycles. The summed E-state index contributed by atoms with van der Waals surface area (Å²) in [5.74, 6) is 2.69. The Morgan fingerprint density at radius 2 is 1.92 bits per heavy atom. The van der Waals surface area contributed by atoms with E-state index in [4.69, 9.17) is 6.42 Å². The van der Waals surface area contributed by atoms with Crippen LogP contribution in [0.5, 0.6) is 0 Å². The molecule has 2 heterocycles. The van der Waals surface area contributed by atoms with Gasteiger partial charge in [0.1, 0.15) is 0 Å². The first-order valence-electron chi connectivity index (χ1n) is 5.18. The number of fused-ring (bicyclic) bond motifs is 2. The molecule has 2 aliphatic rings. The summed E-state index contributed by atoms with van der Waals surface area (Å²) in [4.78, 5) is 2.51. The zero-order valence-electron chi connectivity index (χ0n) is 7.95. The summed E-state index contributed by atoms with van der Waals surface area (Å²) in [6.07, 6.45) is 10.5. The van der Waals surface area contributed by atoms with Crippen LogP contribution in [0.1, 0.15) is 32.1 Å². The zero-order chi connectivity index (χ0) is 9.26. The summed E-state index contributed by atoms with van der Waals surface area (Å²) in [6, 6.07) is 1.23. The van der Waals surface area contributed by atoms with Gasteiger partial charge in [0.05, 0.1) is 6.10 Å². The van der Waals surface area contributed by atoms with E-state index >= 15 is 0 Å². The number of aliphatic hydroxyl groups is 1. The summed E-state index contributed by atoms with van der Waals surface area (Å²) < 4.78 is 0. The van der Waals surface area contributed by atoms with Crippen LogP contribution in [0, 0.1) is 12.3 Å². The fourth-order valence-corrected chi connectivity index (χ4v) is 2.80. The van der Waals surface area contributed by atoms with Gasteiger partial charge in [0.2, 0.25) is 0 Å². The molecule has 2 atom stereocenters. The Balaban J connectivity index is 1.95. The molecule has 2 bridgehead atoms. The third-order valence-corrected chi connectivity index (χ3v) is 3.37. The lowest BCUT2D eigenvalue weighted by atomic mass is 10.00. The van der Waals surface area contributed by atoms with Crippen molar-refractivity contribution in [2.24, 2.45) is 0 Å². The fraction of sp³-hybridized carbons (Fsp3) is 0.818. The van der Waals surface area contributed by atoms with Gasteiger partial charge in [-0.05, 0) is 25.7 Å². The Kier molecular flexibility index (Phi) is 2.57. The molecule has 2 unspecified atom stereocenters. The van der Waals surface area contributed by atoms with E-state index in [-0.39, 0.29) is 6.10 Å². The van der Waals surface area contributed by atoms with Crippen LogP contribution in [0.2, 0.25) is 0 Å². The van der Waals surface area contributed by atoms with E-state index in [1.807, 2.05) is 0 Å². The van der Waals surface area contributed by atoms with E-state index in [1.54, 1.807) is 0 Å². The van der Waals surface area contributed by atoms with Crippen LogP contribution < -0.4 is 0 Å². The van der Waals surface area contributed by atoms with Crippen molar-refractivity contribution in [3.63, 3.8) is 0 Å². The number of nitrogens with zero attached hydrogens (tertiary/aromatic N) is 1. The summed E-state index contributed by atoms with van der Waals surface area (Å²) in [5.41, 5.74) is 0. The Bertz CT molecular complexity index is 207. The maximum absolute atomic E-state index is 9.57. The van der Waals surface area contributed by atoms with Crippen molar-refractivity contribution < 1.29 is 5.11 Å². The predicted octanol–water partition coefficient (Wildman–Crippen LogP) is 0.997. The van der Waals surface area contributed by atoms with Crippen LogP contribution in [-0.2, 0) is 0 Å². The van der Waals surface area contributed by atoms with Crippen LogP contribution in [0.15, 0.2) is 0 Å². The molecule has 0 aromatic carbocycles. The molecule has 0 aliphatic carbocycles. The number of hydrogen-bond donors (Lipinski definition) is 1. The van der Waals surface area contributed by atoms with E-state index < -0.39 is 0 Å². The molecule has 1 N–H and O–H groups in total. The van der Waals surface area contributed by atoms with Gasteiger partial charge in [-0.2, -0.15) is 0 Å². The molecule has 2 saturated heterocycles. The highest BCUT2D eigenvalue weighted by Gasteiger charge is 2.39. The normalized spacial score (nSPS) is 38.9. The topological polar surface area (TPSA) is 23.5 Å². The van der Waals surface area contributed by atoms with Gasteiger partial charge in [0, 0.05) is 25.0 Å². The van der Waals surface area contributed by atoms with Gasteiger partial charge >= 0.3 is 0 Å². The predicted molar refractivity (Wildman–Crippen MR) is 52.2 cm³/mol. The Labute approximate surface area is 79.9 Å². The number of aliphatic hydroxyl groups excluding tert-OH is 1. The molecule has 72 valence electrons. The van der Waals surface area contributed by atoms with Gasteiger partial charge in [-0.1, -0.05) is 0 Å². The molecular formula is C11H17NO. The lowest BCUT2D eigenvalue weighted by Crippen LogP contribution is -2.44. The van der Waals surface area contributed by atoms with E-state index in [9.17, 15) is 5.11 Å². The van der Waals surface area contributed by atoms with Crippen molar-refractivity contribution in [2.45, 2.75) is 50.3 Å². The van der Waals surface area contributed by atoms with Gasteiger partial charge in [0.25, 0.3) is 0 Å². The molecule has 0 spiro atoms. The molecule has 2 heteroatoms. The second kappa shape index (κ2) is 3.69. The molecule has 0 aromatic rings. The summed E-state index contributed by atoms with van der Waals surface area (Å²) in [6.45, 7) is 1.03. The zero-order valence-corrected chi connectivity index (χ0v) is 7.95. The number of hydrogen-bond acceptors (Lipinski definition) is 2. The number of piperidine rings is 1. The average Bonchev–Trinajstić information content (AvgIpc) is 2.33. The highest BCUT2D eigenvalue weighted by atomic mass is 16.3. The molecule has 2 nitrogen and oxygen atoms in total. The molecule has 0 radical (unpaired) electrons.